The maximum atomic E-state index is 12.6. The first kappa shape index (κ1) is 11.2. The van der Waals surface area contributed by atoms with Crippen LogP contribution in [-0.2, 0) is 0 Å². The van der Waals surface area contributed by atoms with E-state index in [-0.39, 0.29) is 31.2 Å². The first-order valence-corrected chi connectivity index (χ1v) is 4.35. The highest BCUT2D eigenvalue weighted by Crippen LogP contribution is 2.45. The van der Waals surface area contributed by atoms with Gasteiger partial charge in [-0.3, -0.25) is 0 Å². The minimum atomic E-state index is -2.44. The number of rotatable bonds is 1. The van der Waals surface area contributed by atoms with Gasteiger partial charge in [-0.1, -0.05) is 12.2 Å². The quantitative estimate of drug-likeness (QED) is 0.715. The summed E-state index contributed by atoms with van der Waals surface area (Å²) in [6.45, 7) is 0. The van der Waals surface area contributed by atoms with Gasteiger partial charge in [0.15, 0.2) is 0 Å². The molecule has 0 aromatic heterocycles. The first-order chi connectivity index (χ1) is 6.17. The Bertz CT molecular complexity index is 286. The van der Waals surface area contributed by atoms with Gasteiger partial charge in [0.05, 0.1) is 0 Å². The van der Waals surface area contributed by atoms with Crippen LogP contribution in [0.15, 0.2) is 36.2 Å². The van der Waals surface area contributed by atoms with Crippen LogP contribution < -0.4 is 5.32 Å². The fourth-order valence-corrected chi connectivity index (χ4v) is 1.61. The van der Waals surface area contributed by atoms with E-state index in [2.05, 4.69) is 5.32 Å². The molecule has 78 valence electrons. The molecule has 0 atom stereocenters. The van der Waals surface area contributed by atoms with Crippen molar-refractivity contribution >= 4 is 12.4 Å². The summed E-state index contributed by atoms with van der Waals surface area (Å²) in [6, 6.07) is 0. The van der Waals surface area contributed by atoms with Gasteiger partial charge in [0.1, 0.15) is 0 Å². The Labute approximate surface area is 88.0 Å². The molecular weight excluding hydrogens is 208 g/mol. The van der Waals surface area contributed by atoms with Gasteiger partial charge in [-0.25, -0.2) is 8.78 Å². The highest BCUT2D eigenvalue weighted by Gasteiger charge is 2.46. The average molecular weight is 220 g/mol. The molecule has 0 saturated heterocycles. The molecule has 0 aromatic rings. The molecule has 1 saturated carbocycles. The molecule has 1 fully saturated rings. The predicted molar refractivity (Wildman–Crippen MR) is 54.4 cm³/mol. The van der Waals surface area contributed by atoms with E-state index in [0.29, 0.717) is 0 Å². The summed E-state index contributed by atoms with van der Waals surface area (Å²) in [4.78, 5) is 0. The van der Waals surface area contributed by atoms with E-state index in [9.17, 15) is 8.78 Å². The van der Waals surface area contributed by atoms with Gasteiger partial charge in [0.2, 0.25) is 5.92 Å². The van der Waals surface area contributed by atoms with Gasteiger partial charge < -0.3 is 5.32 Å². The molecule has 0 amide bonds. The van der Waals surface area contributed by atoms with Crippen LogP contribution in [0.2, 0.25) is 0 Å². The SMILES string of the molecule is Cl.FC1(F)CC(C2=CC=CC=CN2)C1. The molecule has 0 unspecified atom stereocenters. The van der Waals surface area contributed by atoms with Gasteiger partial charge in [0, 0.05) is 30.7 Å². The van der Waals surface area contributed by atoms with Crippen molar-refractivity contribution in [2.45, 2.75) is 18.8 Å². The summed E-state index contributed by atoms with van der Waals surface area (Å²) in [5, 5.41) is 3.01. The molecule has 1 aliphatic heterocycles. The third kappa shape index (κ3) is 2.35. The molecule has 4 heteroatoms. The van der Waals surface area contributed by atoms with E-state index in [4.69, 9.17) is 0 Å². The highest BCUT2D eigenvalue weighted by molar-refractivity contribution is 5.85. The lowest BCUT2D eigenvalue weighted by Gasteiger charge is -2.36. The minimum Gasteiger partial charge on any atom is -0.365 e. The smallest absolute Gasteiger partial charge is 0.249 e. The van der Waals surface area contributed by atoms with E-state index >= 15 is 0 Å². The summed E-state index contributed by atoms with van der Waals surface area (Å²) in [5.74, 6) is -2.44. The molecule has 1 nitrogen and oxygen atoms in total. The summed E-state index contributed by atoms with van der Waals surface area (Å²) >= 11 is 0. The summed E-state index contributed by atoms with van der Waals surface area (Å²) in [5.41, 5.74) is 0.899. The molecule has 14 heavy (non-hydrogen) atoms. The summed E-state index contributed by atoms with van der Waals surface area (Å²) < 4.78 is 25.1. The molecule has 0 aromatic carbocycles. The number of nitrogens with one attached hydrogen (secondary N) is 1. The lowest BCUT2D eigenvalue weighted by Crippen LogP contribution is -2.38. The molecule has 0 bridgehead atoms. The van der Waals surface area contributed by atoms with Crippen molar-refractivity contribution in [3.63, 3.8) is 0 Å². The largest absolute Gasteiger partial charge is 0.365 e. The summed E-state index contributed by atoms with van der Waals surface area (Å²) in [6.07, 6.45) is 9.17. The second-order valence-electron chi connectivity index (χ2n) is 3.47. The normalized spacial score (nSPS) is 24.0. The molecular formula is C10H12ClF2N. The molecule has 1 N–H and O–H groups in total. The number of halogens is 3. The van der Waals surface area contributed by atoms with Crippen LogP contribution in [0.25, 0.3) is 0 Å². The number of allylic oxidation sites excluding steroid dienone is 5. The number of hydrogen-bond acceptors (Lipinski definition) is 1. The van der Waals surface area contributed by atoms with Crippen molar-refractivity contribution in [3.8, 4) is 0 Å². The third-order valence-corrected chi connectivity index (χ3v) is 2.37. The van der Waals surface area contributed by atoms with Crippen LogP contribution in [0.1, 0.15) is 12.8 Å². The predicted octanol–water partition coefficient (Wildman–Crippen LogP) is 3.01. The maximum absolute atomic E-state index is 12.6. The number of alkyl halides is 2. The fraction of sp³-hybridized carbons (Fsp3) is 0.400. The van der Waals surface area contributed by atoms with Crippen LogP contribution in [0.5, 0.6) is 0 Å². The molecule has 2 rings (SSSR count). The zero-order chi connectivity index (χ0) is 9.31. The van der Waals surface area contributed by atoms with Crippen LogP contribution in [-0.4, -0.2) is 5.92 Å². The van der Waals surface area contributed by atoms with E-state index in [1.54, 1.807) is 6.20 Å². The Morgan fingerprint density at radius 2 is 1.93 bits per heavy atom. The zero-order valence-electron chi connectivity index (χ0n) is 7.54. The third-order valence-electron chi connectivity index (χ3n) is 2.37. The first-order valence-electron chi connectivity index (χ1n) is 4.35. The number of hydrogen-bond donors (Lipinski definition) is 1. The van der Waals surface area contributed by atoms with Crippen LogP contribution in [0, 0.1) is 5.92 Å². The Morgan fingerprint density at radius 3 is 2.57 bits per heavy atom. The maximum Gasteiger partial charge on any atom is 0.249 e. The second kappa shape index (κ2) is 4.13. The lowest BCUT2D eigenvalue weighted by molar-refractivity contribution is -0.100. The van der Waals surface area contributed by atoms with Crippen molar-refractivity contribution in [2.75, 3.05) is 0 Å². The fourth-order valence-electron chi connectivity index (χ4n) is 1.61. The van der Waals surface area contributed by atoms with Gasteiger partial charge in [-0.05, 0) is 12.2 Å². The van der Waals surface area contributed by atoms with Crippen molar-refractivity contribution in [1.29, 1.82) is 0 Å². The Kier molecular flexibility index (Phi) is 3.32. The minimum absolute atomic E-state index is 0. The van der Waals surface area contributed by atoms with E-state index in [0.717, 1.165) is 5.70 Å². The van der Waals surface area contributed by atoms with Gasteiger partial charge in [0.25, 0.3) is 0 Å². The van der Waals surface area contributed by atoms with Crippen LogP contribution in [0.3, 0.4) is 0 Å². The van der Waals surface area contributed by atoms with Crippen LogP contribution >= 0.6 is 12.4 Å². The van der Waals surface area contributed by atoms with Crippen molar-refractivity contribution in [1.82, 2.24) is 5.32 Å². The summed E-state index contributed by atoms with van der Waals surface area (Å²) in [7, 11) is 0. The molecule has 1 aliphatic carbocycles. The standard InChI is InChI=1S/C10H11F2N.ClH/c11-10(12)6-8(7-10)9-4-2-1-3-5-13-9;/h1-5,8,13H,6-7H2;1H. The van der Waals surface area contributed by atoms with Crippen molar-refractivity contribution < 1.29 is 8.78 Å². The average Bonchev–Trinajstić information content (AvgIpc) is 2.26. The Morgan fingerprint density at radius 1 is 1.21 bits per heavy atom. The van der Waals surface area contributed by atoms with E-state index in [1.807, 2.05) is 24.3 Å². The molecule has 0 spiro atoms. The van der Waals surface area contributed by atoms with Crippen molar-refractivity contribution in [3.05, 3.63) is 36.2 Å². The van der Waals surface area contributed by atoms with E-state index in [1.165, 1.54) is 0 Å². The van der Waals surface area contributed by atoms with E-state index < -0.39 is 5.92 Å². The Hall–Kier alpha value is -0.830. The topological polar surface area (TPSA) is 12.0 Å². The monoisotopic (exact) mass is 219 g/mol. The molecule has 2 aliphatic rings. The van der Waals surface area contributed by atoms with Gasteiger partial charge in [-0.2, -0.15) is 0 Å². The van der Waals surface area contributed by atoms with Gasteiger partial charge in [-0.15, -0.1) is 12.4 Å². The van der Waals surface area contributed by atoms with Gasteiger partial charge >= 0.3 is 0 Å². The second-order valence-corrected chi connectivity index (χ2v) is 3.47. The van der Waals surface area contributed by atoms with Crippen molar-refractivity contribution in [2.24, 2.45) is 5.92 Å². The highest BCUT2D eigenvalue weighted by atomic mass is 35.5. The lowest BCUT2D eigenvalue weighted by atomic mass is 9.79. The van der Waals surface area contributed by atoms with Crippen LogP contribution in [0.4, 0.5) is 8.78 Å². The molecule has 1 heterocycles. The zero-order valence-corrected chi connectivity index (χ0v) is 8.36. The molecule has 0 radical (unpaired) electrons. The Balaban J connectivity index is 0.000000980.